The van der Waals surface area contributed by atoms with E-state index < -0.39 is 34.8 Å². The summed E-state index contributed by atoms with van der Waals surface area (Å²) in [5.41, 5.74) is 0.907. The van der Waals surface area contributed by atoms with Crippen molar-refractivity contribution in [2.75, 3.05) is 10.5 Å². The molecule has 0 bridgehead atoms. The first-order chi connectivity index (χ1) is 9.52. The second-order valence-corrected chi connectivity index (χ2v) is 6.54. The van der Waals surface area contributed by atoms with Gasteiger partial charge in [0.1, 0.15) is 0 Å². The van der Waals surface area contributed by atoms with Crippen LogP contribution in [0.3, 0.4) is 0 Å². The third kappa shape index (κ3) is 5.74. The number of halogens is 3. The molecule has 0 aliphatic carbocycles. The lowest BCUT2D eigenvalue weighted by Crippen LogP contribution is -2.20. The van der Waals surface area contributed by atoms with Gasteiger partial charge < -0.3 is 0 Å². The van der Waals surface area contributed by atoms with Gasteiger partial charge in [-0.05, 0) is 31.9 Å². The van der Waals surface area contributed by atoms with Gasteiger partial charge in [-0.15, -0.1) is 0 Å². The van der Waals surface area contributed by atoms with E-state index in [9.17, 15) is 26.4 Å². The van der Waals surface area contributed by atoms with E-state index in [0.717, 1.165) is 0 Å². The smallest absolute Gasteiger partial charge is 0.294 e. The predicted octanol–water partition coefficient (Wildman–Crippen LogP) is 3.28. The van der Waals surface area contributed by atoms with E-state index in [1.165, 1.54) is 13.0 Å². The zero-order valence-electron chi connectivity index (χ0n) is 11.6. The second kappa shape index (κ2) is 6.46. The molecule has 0 spiro atoms. The van der Waals surface area contributed by atoms with E-state index in [-0.39, 0.29) is 17.0 Å². The fourth-order valence-corrected chi connectivity index (χ4v) is 3.03. The van der Waals surface area contributed by atoms with E-state index >= 15 is 0 Å². The number of benzene rings is 1. The Labute approximate surface area is 121 Å². The van der Waals surface area contributed by atoms with Crippen LogP contribution in [0.4, 0.5) is 18.9 Å². The van der Waals surface area contributed by atoms with Crippen LogP contribution < -0.4 is 4.72 Å². The molecule has 21 heavy (non-hydrogen) atoms. The molecular weight excluding hydrogens is 307 g/mol. The second-order valence-electron chi connectivity index (χ2n) is 4.69. The molecule has 118 valence electrons. The number of ketones is 1. The average Bonchev–Trinajstić information content (AvgIpc) is 2.25. The number of alkyl halides is 3. The minimum absolute atomic E-state index is 0.0921. The van der Waals surface area contributed by atoms with Crippen LogP contribution in [0.25, 0.3) is 0 Å². The molecule has 0 unspecified atom stereocenters. The molecule has 0 aliphatic heterocycles. The van der Waals surface area contributed by atoms with Crippen LogP contribution in [0, 0.1) is 6.92 Å². The van der Waals surface area contributed by atoms with Gasteiger partial charge in [-0.1, -0.05) is 12.1 Å². The van der Waals surface area contributed by atoms with Gasteiger partial charge in [0.25, 0.3) is 0 Å². The molecule has 0 saturated heterocycles. The summed E-state index contributed by atoms with van der Waals surface area (Å²) in [6.45, 7) is 2.95. The number of Topliss-reactive ketones (excluding diaryl/α,β-unsaturated/α-hetero) is 1. The Hall–Kier alpha value is -1.57. The Kier molecular flexibility index (Phi) is 5.38. The first-order valence-electron chi connectivity index (χ1n) is 6.19. The quantitative estimate of drug-likeness (QED) is 0.817. The molecule has 4 nitrogen and oxygen atoms in total. The number of hydrogen-bond acceptors (Lipinski definition) is 3. The number of nitrogens with one attached hydrogen (secondary N) is 1. The molecule has 0 saturated carbocycles. The lowest BCUT2D eigenvalue weighted by molar-refractivity contribution is -0.134. The van der Waals surface area contributed by atoms with Crippen LogP contribution in [0.5, 0.6) is 0 Å². The summed E-state index contributed by atoms with van der Waals surface area (Å²) in [5.74, 6) is -0.973. The van der Waals surface area contributed by atoms with Crippen LogP contribution in [0.2, 0.25) is 0 Å². The summed E-state index contributed by atoms with van der Waals surface area (Å²) in [4.78, 5) is 11.5. The van der Waals surface area contributed by atoms with Crippen molar-refractivity contribution in [2.45, 2.75) is 32.9 Å². The Balaban J connectivity index is 2.85. The molecule has 0 amide bonds. The molecule has 1 N–H and O–H groups in total. The summed E-state index contributed by atoms with van der Waals surface area (Å²) in [6, 6.07) is 4.62. The van der Waals surface area contributed by atoms with E-state index in [0.29, 0.717) is 5.56 Å². The highest BCUT2D eigenvalue weighted by atomic mass is 32.2. The first kappa shape index (κ1) is 17.5. The molecule has 8 heteroatoms. The van der Waals surface area contributed by atoms with E-state index in [1.807, 2.05) is 0 Å². The topological polar surface area (TPSA) is 63.2 Å². The Bertz CT molecular complexity index is 624. The van der Waals surface area contributed by atoms with Gasteiger partial charge >= 0.3 is 6.18 Å². The summed E-state index contributed by atoms with van der Waals surface area (Å²) in [6.07, 6.45) is -6.08. The van der Waals surface area contributed by atoms with Crippen molar-refractivity contribution < 1.29 is 26.4 Å². The molecule has 1 rings (SSSR count). The van der Waals surface area contributed by atoms with E-state index in [1.54, 1.807) is 19.1 Å². The SMILES string of the molecule is CC(=O)c1c(C)cccc1NS(=O)(=O)CCCC(F)(F)F. The maximum atomic E-state index is 12.0. The van der Waals surface area contributed by atoms with Crippen molar-refractivity contribution in [1.29, 1.82) is 0 Å². The fraction of sp³-hybridized carbons (Fsp3) is 0.462. The molecule has 0 aromatic heterocycles. The molecule has 0 fully saturated rings. The van der Waals surface area contributed by atoms with Crippen molar-refractivity contribution in [2.24, 2.45) is 0 Å². The molecule has 1 aromatic carbocycles. The maximum Gasteiger partial charge on any atom is 0.389 e. The predicted molar refractivity (Wildman–Crippen MR) is 73.9 cm³/mol. The van der Waals surface area contributed by atoms with Crippen LogP contribution in [-0.4, -0.2) is 26.1 Å². The average molecular weight is 323 g/mol. The van der Waals surface area contributed by atoms with Gasteiger partial charge in [0.2, 0.25) is 10.0 Å². The van der Waals surface area contributed by atoms with Gasteiger partial charge in [-0.25, -0.2) is 8.42 Å². The van der Waals surface area contributed by atoms with Crippen molar-refractivity contribution in [3.8, 4) is 0 Å². The van der Waals surface area contributed by atoms with Crippen molar-refractivity contribution >= 4 is 21.5 Å². The summed E-state index contributed by atoms with van der Waals surface area (Å²) < 4.78 is 61.8. The highest BCUT2D eigenvalue weighted by molar-refractivity contribution is 7.92. The number of carbonyl (C=O) groups excluding carboxylic acids is 1. The van der Waals surface area contributed by atoms with Gasteiger partial charge in [0.15, 0.2) is 5.78 Å². The molecular formula is C13H16F3NO3S. The lowest BCUT2D eigenvalue weighted by atomic mass is 10.0. The lowest BCUT2D eigenvalue weighted by Gasteiger charge is -2.13. The minimum atomic E-state index is -4.39. The normalized spacial score (nSPS) is 12.2. The monoisotopic (exact) mass is 323 g/mol. The van der Waals surface area contributed by atoms with Crippen LogP contribution in [0.15, 0.2) is 18.2 Å². The third-order valence-corrected chi connectivity index (χ3v) is 4.12. The summed E-state index contributed by atoms with van der Waals surface area (Å²) in [5, 5.41) is 0. The minimum Gasteiger partial charge on any atom is -0.294 e. The number of hydrogen-bond donors (Lipinski definition) is 1. The van der Waals surface area contributed by atoms with Crippen LogP contribution in [-0.2, 0) is 10.0 Å². The largest absolute Gasteiger partial charge is 0.389 e. The highest BCUT2D eigenvalue weighted by Crippen LogP contribution is 2.24. The number of aryl methyl sites for hydroxylation is 1. The van der Waals surface area contributed by atoms with Crippen molar-refractivity contribution in [1.82, 2.24) is 0 Å². The van der Waals surface area contributed by atoms with Crippen molar-refractivity contribution in [3.05, 3.63) is 29.3 Å². The molecule has 0 radical (unpaired) electrons. The number of sulfonamides is 1. The zero-order chi connectivity index (χ0) is 16.3. The number of rotatable bonds is 6. The Morgan fingerprint density at radius 2 is 1.90 bits per heavy atom. The van der Waals surface area contributed by atoms with E-state index in [2.05, 4.69) is 4.72 Å². The van der Waals surface area contributed by atoms with Crippen LogP contribution in [0.1, 0.15) is 35.7 Å². The van der Waals surface area contributed by atoms with E-state index in [4.69, 9.17) is 0 Å². The molecule has 1 aromatic rings. The zero-order valence-corrected chi connectivity index (χ0v) is 12.4. The van der Waals surface area contributed by atoms with Crippen molar-refractivity contribution in [3.63, 3.8) is 0 Å². The summed E-state index contributed by atoms with van der Waals surface area (Å²) in [7, 11) is -3.93. The molecule has 0 aliphatic rings. The molecule has 0 heterocycles. The maximum absolute atomic E-state index is 12.0. The van der Waals surface area contributed by atoms with Gasteiger partial charge in [-0.3, -0.25) is 9.52 Å². The van der Waals surface area contributed by atoms with Crippen LogP contribution >= 0.6 is 0 Å². The highest BCUT2D eigenvalue weighted by Gasteiger charge is 2.27. The number of carbonyl (C=O) groups is 1. The van der Waals surface area contributed by atoms with Gasteiger partial charge in [0.05, 0.1) is 11.4 Å². The molecule has 0 atom stereocenters. The summed E-state index contributed by atoms with van der Waals surface area (Å²) >= 11 is 0. The Morgan fingerprint density at radius 1 is 1.29 bits per heavy atom. The Morgan fingerprint density at radius 3 is 2.43 bits per heavy atom. The third-order valence-electron chi connectivity index (χ3n) is 2.76. The number of anilines is 1. The fourth-order valence-electron chi connectivity index (χ4n) is 1.90. The first-order valence-corrected chi connectivity index (χ1v) is 7.85. The van der Waals surface area contributed by atoms with Gasteiger partial charge in [0, 0.05) is 12.0 Å². The van der Waals surface area contributed by atoms with Gasteiger partial charge in [-0.2, -0.15) is 13.2 Å². The standard InChI is InChI=1S/C13H16F3NO3S/c1-9-5-3-6-11(12(9)10(2)18)17-21(19,20)8-4-7-13(14,15)16/h3,5-6,17H,4,7-8H2,1-2H3.